The molecule has 1 unspecified atom stereocenters. The molecule has 0 bridgehead atoms. The van der Waals surface area contributed by atoms with Crippen molar-refractivity contribution < 1.29 is 23.5 Å². The van der Waals surface area contributed by atoms with Crippen LogP contribution in [0.5, 0.6) is 0 Å². The van der Waals surface area contributed by atoms with Crippen molar-refractivity contribution in [1.29, 1.82) is 0 Å². The van der Waals surface area contributed by atoms with Gasteiger partial charge >= 0.3 is 5.97 Å². The van der Waals surface area contributed by atoms with E-state index in [0.717, 1.165) is 5.56 Å². The van der Waals surface area contributed by atoms with E-state index in [-0.39, 0.29) is 11.8 Å². The molecule has 0 aromatic heterocycles. The first-order valence-corrected chi connectivity index (χ1v) is 10.2. The van der Waals surface area contributed by atoms with Gasteiger partial charge in [0.05, 0.1) is 5.92 Å². The Balaban J connectivity index is 1.44. The summed E-state index contributed by atoms with van der Waals surface area (Å²) in [5.74, 6) is -1.93. The summed E-state index contributed by atoms with van der Waals surface area (Å²) in [5.41, 5.74) is 1.24. The van der Waals surface area contributed by atoms with Gasteiger partial charge in [-0.15, -0.1) is 0 Å². The molecule has 1 N–H and O–H groups in total. The molecule has 0 aliphatic carbocycles. The van der Waals surface area contributed by atoms with E-state index in [9.17, 15) is 18.8 Å². The van der Waals surface area contributed by atoms with Gasteiger partial charge in [-0.3, -0.25) is 14.4 Å². The molecule has 0 saturated carbocycles. The summed E-state index contributed by atoms with van der Waals surface area (Å²) in [6.45, 7) is 2.36. The molecule has 3 rings (SSSR count). The minimum absolute atomic E-state index is 0.0986. The lowest BCUT2D eigenvalue weighted by Gasteiger charge is -2.30. The van der Waals surface area contributed by atoms with E-state index in [4.69, 9.17) is 4.74 Å². The van der Waals surface area contributed by atoms with Crippen LogP contribution in [0, 0.1) is 11.7 Å². The van der Waals surface area contributed by atoms with E-state index in [1.807, 2.05) is 30.3 Å². The number of ether oxygens (including phenoxy) is 1. The molecule has 31 heavy (non-hydrogen) atoms. The van der Waals surface area contributed by atoms with E-state index in [0.29, 0.717) is 31.6 Å². The Morgan fingerprint density at radius 2 is 1.81 bits per heavy atom. The third-order valence-electron chi connectivity index (χ3n) is 5.11. The topological polar surface area (TPSA) is 75.7 Å². The van der Waals surface area contributed by atoms with Crippen molar-refractivity contribution in [2.24, 2.45) is 5.92 Å². The third-order valence-corrected chi connectivity index (χ3v) is 5.11. The average Bonchev–Trinajstić information content (AvgIpc) is 2.78. The lowest BCUT2D eigenvalue weighted by Crippen LogP contribution is -2.41. The maximum absolute atomic E-state index is 13.2. The van der Waals surface area contributed by atoms with Gasteiger partial charge in [0.25, 0.3) is 5.91 Å². The van der Waals surface area contributed by atoms with E-state index >= 15 is 0 Å². The summed E-state index contributed by atoms with van der Waals surface area (Å²) in [5, 5.41) is 2.52. The summed E-state index contributed by atoms with van der Waals surface area (Å²) >= 11 is 0. The predicted octanol–water partition coefficient (Wildman–Crippen LogP) is 3.65. The molecule has 1 aliphatic rings. The van der Waals surface area contributed by atoms with Crippen LogP contribution in [0.1, 0.15) is 25.3 Å². The van der Waals surface area contributed by atoms with Gasteiger partial charge < -0.3 is 15.0 Å². The van der Waals surface area contributed by atoms with Crippen molar-refractivity contribution in [3.8, 4) is 0 Å². The first kappa shape index (κ1) is 22.2. The molecule has 7 heteroatoms. The fourth-order valence-electron chi connectivity index (χ4n) is 3.31. The Bertz CT molecular complexity index is 953. The van der Waals surface area contributed by atoms with Gasteiger partial charge in [0.15, 0.2) is 6.10 Å². The quantitative estimate of drug-likeness (QED) is 0.567. The average molecular weight is 424 g/mol. The number of nitrogens with zero attached hydrogens (tertiary/aromatic N) is 1. The molecule has 0 radical (unpaired) electrons. The monoisotopic (exact) mass is 424 g/mol. The number of esters is 1. The minimum Gasteiger partial charge on any atom is -0.452 e. The highest BCUT2D eigenvalue weighted by Gasteiger charge is 2.30. The second kappa shape index (κ2) is 10.5. The molecule has 2 aromatic carbocycles. The number of nitrogens with one attached hydrogen (secondary N) is 1. The smallest absolute Gasteiger partial charge is 0.309 e. The number of benzene rings is 2. The Hall–Kier alpha value is -3.48. The van der Waals surface area contributed by atoms with Crippen LogP contribution in [0.25, 0.3) is 6.08 Å². The van der Waals surface area contributed by atoms with Crippen LogP contribution in [-0.4, -0.2) is 41.9 Å². The molecular formula is C24H25FN2O4. The number of likely N-dealkylation sites (tertiary alicyclic amines) is 1. The second-order valence-corrected chi connectivity index (χ2v) is 7.42. The van der Waals surface area contributed by atoms with Crippen molar-refractivity contribution in [1.82, 2.24) is 4.90 Å². The lowest BCUT2D eigenvalue weighted by molar-refractivity contribution is -0.159. The van der Waals surface area contributed by atoms with E-state index in [1.165, 1.54) is 31.2 Å². The van der Waals surface area contributed by atoms with Crippen LogP contribution >= 0.6 is 0 Å². The lowest BCUT2D eigenvalue weighted by atomic mass is 9.97. The summed E-state index contributed by atoms with van der Waals surface area (Å²) in [6.07, 6.45) is 3.24. The van der Waals surface area contributed by atoms with Crippen molar-refractivity contribution in [2.75, 3.05) is 18.4 Å². The van der Waals surface area contributed by atoms with Crippen LogP contribution in [0.4, 0.5) is 10.1 Å². The zero-order valence-corrected chi connectivity index (χ0v) is 17.3. The number of halogens is 1. The number of carbonyl (C=O) groups excluding carboxylic acids is 3. The van der Waals surface area contributed by atoms with Crippen molar-refractivity contribution in [3.05, 3.63) is 72.1 Å². The number of carbonyl (C=O) groups is 3. The van der Waals surface area contributed by atoms with Gasteiger partial charge in [0, 0.05) is 24.9 Å². The van der Waals surface area contributed by atoms with Crippen LogP contribution in [0.3, 0.4) is 0 Å². The summed E-state index contributed by atoms with van der Waals surface area (Å²) < 4.78 is 18.5. The number of amides is 2. The number of anilines is 1. The molecule has 1 heterocycles. The van der Waals surface area contributed by atoms with Gasteiger partial charge in [-0.2, -0.15) is 0 Å². The molecule has 1 aliphatic heterocycles. The second-order valence-electron chi connectivity index (χ2n) is 7.42. The van der Waals surface area contributed by atoms with Crippen LogP contribution in [0.2, 0.25) is 0 Å². The standard InChI is InChI=1S/C24H25FN2O4/c1-17(23(29)26-21-9-5-8-20(25)16-21)31-24(30)19-12-14-27(15-13-19)22(28)11-10-18-6-3-2-4-7-18/h2-11,16-17,19H,12-15H2,1H3,(H,26,29). The Morgan fingerprint density at radius 1 is 1.10 bits per heavy atom. The number of hydrogen-bond donors (Lipinski definition) is 1. The van der Waals surface area contributed by atoms with Crippen molar-refractivity contribution >= 4 is 29.5 Å². The molecule has 0 spiro atoms. The third kappa shape index (κ3) is 6.50. The largest absolute Gasteiger partial charge is 0.452 e. The van der Waals surface area contributed by atoms with Gasteiger partial charge in [0.1, 0.15) is 5.82 Å². The highest BCUT2D eigenvalue weighted by Crippen LogP contribution is 2.20. The Labute approximate surface area is 180 Å². The van der Waals surface area contributed by atoms with Gasteiger partial charge in [-0.05, 0) is 49.6 Å². The molecule has 1 atom stereocenters. The molecule has 1 fully saturated rings. The molecule has 162 valence electrons. The highest BCUT2D eigenvalue weighted by atomic mass is 19.1. The first-order chi connectivity index (χ1) is 14.9. The minimum atomic E-state index is -1.01. The SMILES string of the molecule is CC(OC(=O)C1CCN(C(=O)C=Cc2ccccc2)CC1)C(=O)Nc1cccc(F)c1. The zero-order chi connectivity index (χ0) is 22.2. The molecule has 6 nitrogen and oxygen atoms in total. The van der Waals surface area contributed by atoms with Gasteiger partial charge in [0.2, 0.25) is 5.91 Å². The summed E-state index contributed by atoms with van der Waals surface area (Å²) in [6, 6.07) is 15.0. The van der Waals surface area contributed by atoms with Crippen LogP contribution in [0.15, 0.2) is 60.7 Å². The van der Waals surface area contributed by atoms with E-state index in [1.54, 1.807) is 17.0 Å². The predicted molar refractivity (Wildman–Crippen MR) is 115 cm³/mol. The normalized spacial score (nSPS) is 15.5. The van der Waals surface area contributed by atoms with Gasteiger partial charge in [-0.25, -0.2) is 4.39 Å². The molecule has 2 amide bonds. The van der Waals surface area contributed by atoms with Gasteiger partial charge in [-0.1, -0.05) is 36.4 Å². The maximum atomic E-state index is 13.2. The Kier molecular flexibility index (Phi) is 7.54. The first-order valence-electron chi connectivity index (χ1n) is 10.2. The van der Waals surface area contributed by atoms with E-state index in [2.05, 4.69) is 5.32 Å². The maximum Gasteiger partial charge on any atom is 0.309 e. The summed E-state index contributed by atoms with van der Waals surface area (Å²) in [7, 11) is 0. The zero-order valence-electron chi connectivity index (χ0n) is 17.3. The van der Waals surface area contributed by atoms with Crippen molar-refractivity contribution in [3.63, 3.8) is 0 Å². The number of hydrogen-bond acceptors (Lipinski definition) is 4. The van der Waals surface area contributed by atoms with Crippen LogP contribution < -0.4 is 5.32 Å². The van der Waals surface area contributed by atoms with Crippen molar-refractivity contribution in [2.45, 2.75) is 25.9 Å². The molecular weight excluding hydrogens is 399 g/mol. The fraction of sp³-hybridized carbons (Fsp3) is 0.292. The number of rotatable bonds is 6. The molecule has 1 saturated heterocycles. The fourth-order valence-corrected chi connectivity index (χ4v) is 3.31. The van der Waals surface area contributed by atoms with Crippen LogP contribution in [-0.2, 0) is 19.1 Å². The summed E-state index contributed by atoms with van der Waals surface area (Å²) in [4.78, 5) is 38.7. The highest BCUT2D eigenvalue weighted by molar-refractivity contribution is 5.95. The number of piperidine rings is 1. The van der Waals surface area contributed by atoms with E-state index < -0.39 is 23.8 Å². The Morgan fingerprint density at radius 3 is 2.48 bits per heavy atom. The molecule has 2 aromatic rings.